The van der Waals surface area contributed by atoms with Gasteiger partial charge < -0.3 is 16.4 Å². The van der Waals surface area contributed by atoms with Crippen LogP contribution in [0.2, 0.25) is 0 Å². The summed E-state index contributed by atoms with van der Waals surface area (Å²) in [5.74, 6) is 1.54. The number of nitrogens with two attached hydrogens (primary N) is 1. The highest BCUT2D eigenvalue weighted by molar-refractivity contribution is 8.16. The normalized spacial score (nSPS) is 26.9. The lowest BCUT2D eigenvalue weighted by atomic mass is 9.84. The summed E-state index contributed by atoms with van der Waals surface area (Å²) >= 11 is 1.26. The standard InChI is InChI=1S/C29H34N4O2S/c1-16-9-12-22(13-17(16)2)33-29-24(27(34)32-21-7-5-4-6-8-21)25(30)26(36-29)28(35)31-18(3)23-15-19-10-11-20(23)14-19/h4-9,12-13,18-20,23,26H,10-11,14-15,30H2,1-3H3,(H,31,35)(H,32,34)/t18-,19-,20-,23+,26+/m0/s1. The molecule has 2 bridgehead atoms. The van der Waals surface area contributed by atoms with E-state index in [1.54, 1.807) is 0 Å². The zero-order valence-electron chi connectivity index (χ0n) is 21.1. The molecule has 7 heteroatoms. The lowest BCUT2D eigenvalue weighted by molar-refractivity contribution is -0.121. The highest BCUT2D eigenvalue weighted by atomic mass is 32.2. The third-order valence-corrected chi connectivity index (χ3v) is 9.26. The Morgan fingerprint density at radius 2 is 1.83 bits per heavy atom. The Labute approximate surface area is 217 Å². The van der Waals surface area contributed by atoms with Gasteiger partial charge in [0.15, 0.2) is 0 Å². The maximum Gasteiger partial charge on any atom is 0.260 e. The molecule has 1 heterocycles. The molecule has 5 rings (SSSR count). The fourth-order valence-electron chi connectivity index (χ4n) is 5.93. The van der Waals surface area contributed by atoms with E-state index in [2.05, 4.69) is 17.6 Å². The minimum atomic E-state index is -0.687. The van der Waals surface area contributed by atoms with Crippen molar-refractivity contribution in [3.05, 3.63) is 70.9 Å². The van der Waals surface area contributed by atoms with E-state index in [1.807, 2.05) is 62.4 Å². The zero-order chi connectivity index (χ0) is 25.4. The van der Waals surface area contributed by atoms with Crippen LogP contribution < -0.4 is 16.4 Å². The maximum absolute atomic E-state index is 13.4. The molecule has 1 aliphatic heterocycles. The Morgan fingerprint density at radius 1 is 1.06 bits per heavy atom. The second kappa shape index (κ2) is 10.1. The highest BCUT2D eigenvalue weighted by Gasteiger charge is 2.44. The number of anilines is 1. The van der Waals surface area contributed by atoms with E-state index in [-0.39, 0.29) is 29.1 Å². The quantitative estimate of drug-likeness (QED) is 0.503. The van der Waals surface area contributed by atoms with Crippen molar-refractivity contribution in [2.75, 3.05) is 5.32 Å². The molecule has 0 aromatic heterocycles. The van der Waals surface area contributed by atoms with Crippen LogP contribution >= 0.6 is 11.8 Å². The van der Waals surface area contributed by atoms with Crippen molar-refractivity contribution in [2.45, 2.75) is 57.7 Å². The molecule has 2 amide bonds. The molecule has 6 nitrogen and oxygen atoms in total. The Hall–Kier alpha value is -3.06. The summed E-state index contributed by atoms with van der Waals surface area (Å²) in [4.78, 5) is 31.6. The van der Waals surface area contributed by atoms with Gasteiger partial charge in [-0.1, -0.05) is 42.4 Å². The second-order valence-electron chi connectivity index (χ2n) is 10.5. The first kappa shape index (κ1) is 24.6. The van der Waals surface area contributed by atoms with Crippen molar-refractivity contribution >= 4 is 40.0 Å². The van der Waals surface area contributed by atoms with Crippen LogP contribution in [0.4, 0.5) is 11.4 Å². The van der Waals surface area contributed by atoms with Crippen LogP contribution in [0.3, 0.4) is 0 Å². The molecule has 0 spiro atoms. The van der Waals surface area contributed by atoms with Crippen molar-refractivity contribution < 1.29 is 9.59 Å². The van der Waals surface area contributed by atoms with Gasteiger partial charge in [-0.3, -0.25) is 9.59 Å². The average molecular weight is 503 g/mol. The summed E-state index contributed by atoms with van der Waals surface area (Å²) in [6.45, 7) is 6.18. The number of hydrogen-bond donors (Lipinski definition) is 3. The molecule has 0 radical (unpaired) electrons. The van der Waals surface area contributed by atoms with Gasteiger partial charge in [-0.2, -0.15) is 0 Å². The molecular formula is C29H34N4O2S. The van der Waals surface area contributed by atoms with Crippen molar-refractivity contribution in [2.24, 2.45) is 28.5 Å². The number of para-hydroxylation sites is 1. The van der Waals surface area contributed by atoms with E-state index in [0.717, 1.165) is 17.2 Å². The smallest absolute Gasteiger partial charge is 0.260 e. The first-order valence-electron chi connectivity index (χ1n) is 12.8. The molecule has 0 saturated heterocycles. The summed E-state index contributed by atoms with van der Waals surface area (Å²) in [7, 11) is 0. The van der Waals surface area contributed by atoms with Crippen LogP contribution in [0.25, 0.3) is 0 Å². The first-order chi connectivity index (χ1) is 17.3. The number of aryl methyl sites for hydroxylation is 2. The van der Waals surface area contributed by atoms with Crippen LogP contribution in [-0.4, -0.2) is 28.1 Å². The van der Waals surface area contributed by atoms with Gasteiger partial charge in [0, 0.05) is 17.4 Å². The third kappa shape index (κ3) is 4.94. The Morgan fingerprint density at radius 3 is 2.50 bits per heavy atom. The highest BCUT2D eigenvalue weighted by Crippen LogP contribution is 2.49. The van der Waals surface area contributed by atoms with Gasteiger partial charge in [-0.05, 0) is 93.2 Å². The number of aliphatic imine (C=N–C) groups is 1. The molecule has 3 aliphatic rings. The lowest BCUT2D eigenvalue weighted by Gasteiger charge is -2.29. The van der Waals surface area contributed by atoms with Crippen LogP contribution in [0.1, 0.15) is 43.7 Å². The molecule has 5 atom stereocenters. The lowest BCUT2D eigenvalue weighted by Crippen LogP contribution is -2.44. The second-order valence-corrected chi connectivity index (χ2v) is 11.6. The van der Waals surface area contributed by atoms with E-state index in [9.17, 15) is 9.59 Å². The fourth-order valence-corrected chi connectivity index (χ4v) is 7.06. The number of nitrogens with one attached hydrogen (secondary N) is 2. The van der Waals surface area contributed by atoms with Gasteiger partial charge in [0.2, 0.25) is 5.91 Å². The summed E-state index contributed by atoms with van der Waals surface area (Å²) in [5, 5.41) is 5.92. The summed E-state index contributed by atoms with van der Waals surface area (Å²) in [6, 6.07) is 15.2. The molecule has 2 aromatic rings. The number of thioether (sulfide) groups is 1. The topological polar surface area (TPSA) is 96.6 Å². The number of nitrogens with zero attached hydrogens (tertiary/aromatic N) is 1. The molecule has 188 valence electrons. The van der Waals surface area contributed by atoms with Crippen LogP contribution in [0.5, 0.6) is 0 Å². The predicted octanol–water partition coefficient (Wildman–Crippen LogP) is 5.24. The molecule has 4 N–H and O–H groups in total. The van der Waals surface area contributed by atoms with Gasteiger partial charge in [0.1, 0.15) is 10.3 Å². The molecule has 36 heavy (non-hydrogen) atoms. The van der Waals surface area contributed by atoms with E-state index >= 15 is 0 Å². The molecule has 2 fully saturated rings. The Bertz CT molecular complexity index is 1240. The van der Waals surface area contributed by atoms with Gasteiger partial charge >= 0.3 is 0 Å². The van der Waals surface area contributed by atoms with E-state index in [4.69, 9.17) is 10.7 Å². The van der Waals surface area contributed by atoms with E-state index < -0.39 is 5.25 Å². The number of fused-ring (bicyclic) bond motifs is 2. The Kier molecular flexibility index (Phi) is 6.93. The SMILES string of the molecule is Cc1ccc(N=C2S[C@@H](C(=O)N[C@@H](C)[C@H]3C[C@H]4CC[C@H]3C4)C(N)=C2C(=O)Nc2ccccc2)cc1C. The minimum Gasteiger partial charge on any atom is -0.400 e. The predicted molar refractivity (Wildman–Crippen MR) is 147 cm³/mol. The van der Waals surface area contributed by atoms with Crippen molar-refractivity contribution in [3.8, 4) is 0 Å². The number of hydrogen-bond acceptors (Lipinski definition) is 5. The maximum atomic E-state index is 13.4. The molecular weight excluding hydrogens is 468 g/mol. The molecule has 2 saturated carbocycles. The number of benzene rings is 2. The van der Waals surface area contributed by atoms with Crippen molar-refractivity contribution in [1.82, 2.24) is 5.32 Å². The van der Waals surface area contributed by atoms with Crippen LogP contribution in [0.15, 0.2) is 64.8 Å². The number of rotatable bonds is 6. The fraction of sp³-hybridized carbons (Fsp3) is 0.414. The van der Waals surface area contributed by atoms with Crippen LogP contribution in [-0.2, 0) is 9.59 Å². The summed E-state index contributed by atoms with van der Waals surface area (Å²) in [6.07, 6.45) is 5.08. The molecule has 2 aromatic carbocycles. The van der Waals surface area contributed by atoms with Gasteiger partial charge in [-0.15, -0.1) is 0 Å². The van der Waals surface area contributed by atoms with Crippen molar-refractivity contribution in [3.63, 3.8) is 0 Å². The van der Waals surface area contributed by atoms with Crippen molar-refractivity contribution in [1.29, 1.82) is 0 Å². The van der Waals surface area contributed by atoms with Gasteiger partial charge in [0.05, 0.1) is 11.3 Å². The monoisotopic (exact) mass is 502 g/mol. The van der Waals surface area contributed by atoms with Gasteiger partial charge in [0.25, 0.3) is 5.91 Å². The Balaban J connectivity index is 1.40. The third-order valence-electron chi connectivity index (χ3n) is 8.04. The summed E-state index contributed by atoms with van der Waals surface area (Å²) < 4.78 is 0. The zero-order valence-corrected chi connectivity index (χ0v) is 21.9. The number of carbonyl (C=O) groups is 2. The van der Waals surface area contributed by atoms with E-state index in [0.29, 0.717) is 22.6 Å². The minimum absolute atomic E-state index is 0.0866. The number of amides is 2. The van der Waals surface area contributed by atoms with Crippen LogP contribution in [0, 0.1) is 31.6 Å². The molecule has 0 unspecified atom stereocenters. The van der Waals surface area contributed by atoms with Gasteiger partial charge in [-0.25, -0.2) is 4.99 Å². The molecule has 2 aliphatic carbocycles. The average Bonchev–Trinajstić information content (AvgIpc) is 3.57. The number of carbonyl (C=O) groups excluding carboxylic acids is 2. The van der Waals surface area contributed by atoms with E-state index in [1.165, 1.54) is 43.0 Å². The first-order valence-corrected chi connectivity index (χ1v) is 13.7. The largest absolute Gasteiger partial charge is 0.400 e. The summed E-state index contributed by atoms with van der Waals surface area (Å²) in [5.41, 5.74) is 10.7.